The third kappa shape index (κ3) is 7.34. The van der Waals surface area contributed by atoms with Gasteiger partial charge in [0.25, 0.3) is 0 Å². The van der Waals surface area contributed by atoms with Crippen LogP contribution in [0.15, 0.2) is 0 Å². The van der Waals surface area contributed by atoms with Crippen molar-refractivity contribution in [3.63, 3.8) is 0 Å². The van der Waals surface area contributed by atoms with Gasteiger partial charge in [0, 0.05) is 36.3 Å². The zero-order chi connectivity index (χ0) is 27.3. The van der Waals surface area contributed by atoms with Gasteiger partial charge in [-0.1, -0.05) is 52.4 Å². The van der Waals surface area contributed by atoms with Gasteiger partial charge in [0.1, 0.15) is 0 Å². The SMILES string of the molecule is CC1CCC(N(C2CCCCC2)C2CCC(C3CCC(N(C4CCCCC4)C4CCC(C)CC4)CC3)CC2)CC1. The van der Waals surface area contributed by atoms with Crippen molar-refractivity contribution >= 4 is 0 Å². The van der Waals surface area contributed by atoms with Crippen molar-refractivity contribution in [2.75, 3.05) is 0 Å². The molecule has 0 aromatic carbocycles. The summed E-state index contributed by atoms with van der Waals surface area (Å²) in [7, 11) is 0. The maximum absolute atomic E-state index is 3.20. The lowest BCUT2D eigenvalue weighted by atomic mass is 9.70. The third-order valence-electron chi connectivity index (χ3n) is 13.8. The van der Waals surface area contributed by atoms with Gasteiger partial charge < -0.3 is 0 Å². The smallest absolute Gasteiger partial charge is 0.0101 e. The standard InChI is InChI=1S/C38H68N2/c1-29-13-21-35(22-14-29)39(33-9-5-3-6-10-33)37-25-17-31(18-26-37)32-19-27-38(28-20-32)40(34-11-7-4-8-12-34)36-23-15-30(2)16-24-36/h29-38H,3-28H2,1-2H3. The molecule has 0 bridgehead atoms. The normalized spacial score (nSPS) is 41.4. The lowest BCUT2D eigenvalue weighted by Gasteiger charge is -2.51. The molecule has 0 amide bonds. The van der Waals surface area contributed by atoms with Crippen LogP contribution in [0.5, 0.6) is 0 Å². The Morgan fingerprint density at radius 1 is 0.275 bits per heavy atom. The monoisotopic (exact) mass is 553 g/mol. The molecule has 0 aromatic rings. The molecule has 2 heteroatoms. The van der Waals surface area contributed by atoms with E-state index in [1.165, 1.54) is 141 Å². The van der Waals surface area contributed by atoms with Crippen LogP contribution in [0.3, 0.4) is 0 Å². The molecular weight excluding hydrogens is 484 g/mol. The Morgan fingerprint density at radius 2 is 0.525 bits per heavy atom. The van der Waals surface area contributed by atoms with Gasteiger partial charge >= 0.3 is 0 Å². The highest BCUT2D eigenvalue weighted by atomic mass is 15.2. The average molecular weight is 553 g/mol. The van der Waals surface area contributed by atoms with Crippen molar-refractivity contribution in [3.8, 4) is 0 Å². The summed E-state index contributed by atoms with van der Waals surface area (Å²) < 4.78 is 0. The molecule has 0 spiro atoms. The second-order valence-electron chi connectivity index (χ2n) is 16.4. The molecular formula is C38H68N2. The van der Waals surface area contributed by atoms with Gasteiger partial charge in [-0.2, -0.15) is 0 Å². The molecule has 0 aliphatic heterocycles. The molecule has 2 nitrogen and oxygen atoms in total. The number of hydrogen-bond acceptors (Lipinski definition) is 2. The third-order valence-corrected chi connectivity index (χ3v) is 13.8. The number of nitrogens with zero attached hydrogens (tertiary/aromatic N) is 2. The molecule has 40 heavy (non-hydrogen) atoms. The topological polar surface area (TPSA) is 6.48 Å². The minimum absolute atomic E-state index is 0.921. The molecule has 6 aliphatic carbocycles. The largest absolute Gasteiger partial charge is 0.294 e. The average Bonchev–Trinajstić information content (AvgIpc) is 3.01. The van der Waals surface area contributed by atoms with Crippen molar-refractivity contribution in [2.45, 2.75) is 217 Å². The predicted octanol–water partition coefficient (Wildman–Crippen LogP) is 10.5. The van der Waals surface area contributed by atoms with E-state index in [9.17, 15) is 0 Å². The summed E-state index contributed by atoms with van der Waals surface area (Å²) in [6.45, 7) is 5.01. The molecule has 6 saturated carbocycles. The van der Waals surface area contributed by atoms with Crippen LogP contribution in [-0.2, 0) is 0 Å². The summed E-state index contributed by atoms with van der Waals surface area (Å²) in [4.78, 5) is 6.40. The lowest BCUT2D eigenvalue weighted by molar-refractivity contribution is -0.00844. The van der Waals surface area contributed by atoms with Crippen LogP contribution in [0.4, 0.5) is 0 Å². The van der Waals surface area contributed by atoms with E-state index in [0.29, 0.717) is 0 Å². The molecule has 0 saturated heterocycles. The van der Waals surface area contributed by atoms with Crippen molar-refractivity contribution in [1.82, 2.24) is 9.80 Å². The van der Waals surface area contributed by atoms with Gasteiger partial charge in [-0.25, -0.2) is 0 Å². The molecule has 0 aromatic heterocycles. The summed E-state index contributed by atoms with van der Waals surface area (Å²) in [5.41, 5.74) is 0. The molecule has 0 unspecified atom stereocenters. The molecule has 0 N–H and O–H groups in total. The fourth-order valence-electron chi connectivity index (χ4n) is 11.4. The Hall–Kier alpha value is -0.0800. The van der Waals surface area contributed by atoms with E-state index in [1.54, 1.807) is 25.7 Å². The predicted molar refractivity (Wildman–Crippen MR) is 172 cm³/mol. The molecule has 6 aliphatic rings. The van der Waals surface area contributed by atoms with E-state index in [4.69, 9.17) is 0 Å². The van der Waals surface area contributed by atoms with E-state index in [-0.39, 0.29) is 0 Å². The van der Waals surface area contributed by atoms with E-state index in [0.717, 1.165) is 59.9 Å². The maximum atomic E-state index is 3.20. The van der Waals surface area contributed by atoms with Crippen LogP contribution in [0.25, 0.3) is 0 Å². The van der Waals surface area contributed by atoms with Crippen molar-refractivity contribution in [1.29, 1.82) is 0 Å². The number of rotatable bonds is 7. The highest BCUT2D eigenvalue weighted by molar-refractivity contribution is 4.95. The van der Waals surface area contributed by atoms with Gasteiger partial charge in [0.2, 0.25) is 0 Å². The van der Waals surface area contributed by atoms with Gasteiger partial charge in [-0.15, -0.1) is 0 Å². The molecule has 0 radical (unpaired) electrons. The summed E-state index contributed by atoms with van der Waals surface area (Å²) in [5, 5.41) is 0. The summed E-state index contributed by atoms with van der Waals surface area (Å²) in [6, 6.07) is 5.54. The van der Waals surface area contributed by atoms with Gasteiger partial charge in [0.15, 0.2) is 0 Å². The molecule has 0 atom stereocenters. The Morgan fingerprint density at radius 3 is 0.825 bits per heavy atom. The second kappa shape index (κ2) is 14.6. The van der Waals surface area contributed by atoms with Crippen LogP contribution in [0.1, 0.15) is 181 Å². The van der Waals surface area contributed by atoms with E-state index < -0.39 is 0 Å². The minimum Gasteiger partial charge on any atom is -0.294 e. The van der Waals surface area contributed by atoms with Crippen LogP contribution in [0.2, 0.25) is 0 Å². The molecule has 0 heterocycles. The molecule has 6 rings (SSSR count). The first-order valence-corrected chi connectivity index (χ1v) is 19.2. The summed E-state index contributed by atoms with van der Waals surface area (Å²) in [5.74, 6) is 4.06. The summed E-state index contributed by atoms with van der Waals surface area (Å²) in [6.07, 6.45) is 39.3. The van der Waals surface area contributed by atoms with Crippen molar-refractivity contribution in [3.05, 3.63) is 0 Å². The molecule has 6 fully saturated rings. The number of hydrogen-bond donors (Lipinski definition) is 0. The van der Waals surface area contributed by atoms with E-state index in [1.807, 2.05) is 0 Å². The highest BCUT2D eigenvalue weighted by Gasteiger charge is 2.41. The van der Waals surface area contributed by atoms with Crippen molar-refractivity contribution < 1.29 is 0 Å². The van der Waals surface area contributed by atoms with E-state index in [2.05, 4.69) is 23.6 Å². The van der Waals surface area contributed by atoms with Crippen LogP contribution >= 0.6 is 0 Å². The highest BCUT2D eigenvalue weighted by Crippen LogP contribution is 2.45. The first-order valence-electron chi connectivity index (χ1n) is 19.2. The molecule has 230 valence electrons. The van der Waals surface area contributed by atoms with Crippen LogP contribution in [-0.4, -0.2) is 46.1 Å². The maximum Gasteiger partial charge on any atom is 0.0101 e. The second-order valence-corrected chi connectivity index (χ2v) is 16.4. The van der Waals surface area contributed by atoms with Gasteiger partial charge in [-0.3, -0.25) is 9.80 Å². The Balaban J connectivity index is 1.03. The van der Waals surface area contributed by atoms with Crippen molar-refractivity contribution in [2.24, 2.45) is 23.7 Å². The lowest BCUT2D eigenvalue weighted by Crippen LogP contribution is -2.53. The Bertz CT molecular complexity index is 644. The van der Waals surface area contributed by atoms with Gasteiger partial charge in [-0.05, 0) is 152 Å². The Kier molecular flexibility index (Phi) is 10.9. The fraction of sp³-hybridized carbons (Fsp3) is 1.00. The fourth-order valence-corrected chi connectivity index (χ4v) is 11.4. The van der Waals surface area contributed by atoms with Gasteiger partial charge in [0.05, 0.1) is 0 Å². The zero-order valence-electron chi connectivity index (χ0n) is 27.1. The quantitative estimate of drug-likeness (QED) is 0.310. The Labute approximate surface area is 250 Å². The van der Waals surface area contributed by atoms with Crippen LogP contribution < -0.4 is 0 Å². The first kappa shape index (κ1) is 30.0. The zero-order valence-corrected chi connectivity index (χ0v) is 27.1. The minimum atomic E-state index is 0.921. The van der Waals surface area contributed by atoms with E-state index >= 15 is 0 Å². The summed E-state index contributed by atoms with van der Waals surface area (Å²) >= 11 is 0. The van der Waals surface area contributed by atoms with Crippen LogP contribution in [0, 0.1) is 23.7 Å². The first-order chi connectivity index (χ1) is 19.7.